The van der Waals surface area contributed by atoms with Gasteiger partial charge in [0.15, 0.2) is 11.5 Å². The lowest BCUT2D eigenvalue weighted by Gasteiger charge is -2.36. The minimum Gasteiger partial charge on any atom is -0.448 e. The quantitative estimate of drug-likeness (QED) is 0.507. The van der Waals surface area contributed by atoms with Crippen molar-refractivity contribution in [3.8, 4) is 11.5 Å². The van der Waals surface area contributed by atoms with Gasteiger partial charge in [0.2, 0.25) is 0 Å². The zero-order valence-corrected chi connectivity index (χ0v) is 21.9. The Balaban J connectivity index is 1.31. The monoisotopic (exact) mass is 489 g/mol. The van der Waals surface area contributed by atoms with E-state index in [1.165, 1.54) is 6.42 Å². The van der Waals surface area contributed by atoms with Crippen molar-refractivity contribution in [1.29, 1.82) is 0 Å². The number of aliphatic hydroxyl groups excluding tert-OH is 1. The molecule has 2 aliphatic heterocycles. The number of para-hydroxylation sites is 1. The van der Waals surface area contributed by atoms with Crippen molar-refractivity contribution in [2.24, 2.45) is 5.92 Å². The maximum Gasteiger partial charge on any atom is 0.410 e. The molecule has 1 aromatic carbocycles. The Bertz CT molecular complexity index is 859. The Hall–Kier alpha value is -1.99. The Morgan fingerprint density at radius 2 is 1.94 bits per heavy atom. The number of hydrogen-bond donors (Lipinski definition) is 1. The number of ether oxygens (including phenoxy) is 4. The average molecular weight is 490 g/mol. The number of carbonyl (C=O) groups excluding carboxylic acids is 1. The Kier molecular flexibility index (Phi) is 8.16. The highest BCUT2D eigenvalue weighted by Crippen LogP contribution is 2.49. The molecule has 1 spiro atoms. The molecule has 2 heterocycles. The number of amides is 1. The molecule has 3 atom stereocenters. The van der Waals surface area contributed by atoms with Gasteiger partial charge in [0.05, 0.1) is 12.2 Å². The number of carbonyl (C=O) groups is 1. The van der Waals surface area contributed by atoms with Crippen LogP contribution in [0.15, 0.2) is 18.2 Å². The van der Waals surface area contributed by atoms with Gasteiger partial charge in [0, 0.05) is 44.5 Å². The summed E-state index contributed by atoms with van der Waals surface area (Å²) in [6.07, 6.45) is 8.55. The van der Waals surface area contributed by atoms with Crippen LogP contribution in [0.2, 0.25) is 0 Å². The van der Waals surface area contributed by atoms with Crippen LogP contribution in [0.4, 0.5) is 4.79 Å². The summed E-state index contributed by atoms with van der Waals surface area (Å²) in [4.78, 5) is 14.2. The molecule has 7 heteroatoms. The molecule has 196 valence electrons. The maximum absolute atomic E-state index is 12.5. The van der Waals surface area contributed by atoms with Crippen LogP contribution in [0, 0.1) is 5.92 Å². The van der Waals surface area contributed by atoms with E-state index in [1.807, 2.05) is 32.9 Å². The number of fused-ring (bicyclic) bond motifs is 1. The van der Waals surface area contributed by atoms with E-state index < -0.39 is 17.5 Å². The summed E-state index contributed by atoms with van der Waals surface area (Å²) < 4.78 is 24.1. The van der Waals surface area contributed by atoms with Gasteiger partial charge in [-0.3, -0.25) is 0 Å². The number of benzene rings is 1. The van der Waals surface area contributed by atoms with E-state index in [-0.39, 0.29) is 18.1 Å². The minimum absolute atomic E-state index is 0.0705. The topological polar surface area (TPSA) is 77.5 Å². The van der Waals surface area contributed by atoms with Crippen molar-refractivity contribution in [2.75, 3.05) is 20.2 Å². The summed E-state index contributed by atoms with van der Waals surface area (Å²) in [6.45, 7) is 6.86. The lowest BCUT2D eigenvalue weighted by molar-refractivity contribution is -0.106. The van der Waals surface area contributed by atoms with E-state index in [4.69, 9.17) is 18.9 Å². The first-order chi connectivity index (χ1) is 16.7. The van der Waals surface area contributed by atoms with E-state index in [0.29, 0.717) is 19.5 Å². The predicted molar refractivity (Wildman–Crippen MR) is 134 cm³/mol. The van der Waals surface area contributed by atoms with Crippen LogP contribution < -0.4 is 9.47 Å². The molecule has 7 nitrogen and oxygen atoms in total. The second-order valence-corrected chi connectivity index (χ2v) is 11.4. The van der Waals surface area contributed by atoms with Crippen LogP contribution in [0.1, 0.15) is 96.6 Å². The Labute approximate surface area is 210 Å². The average Bonchev–Trinajstić information content (AvgIpc) is 3.18. The van der Waals surface area contributed by atoms with Crippen molar-refractivity contribution >= 4 is 6.09 Å². The summed E-state index contributed by atoms with van der Waals surface area (Å²) in [5.74, 6) is 1.20. The maximum atomic E-state index is 12.5. The predicted octanol–water partition coefficient (Wildman–Crippen LogP) is 5.98. The first-order valence-corrected chi connectivity index (χ1v) is 13.4. The highest BCUT2D eigenvalue weighted by molar-refractivity contribution is 5.68. The van der Waals surface area contributed by atoms with Crippen molar-refractivity contribution in [2.45, 2.75) is 109 Å². The third-order valence-electron chi connectivity index (χ3n) is 7.46. The highest BCUT2D eigenvalue weighted by atomic mass is 16.7. The molecule has 2 unspecified atom stereocenters. The van der Waals surface area contributed by atoms with E-state index in [1.54, 1.807) is 12.0 Å². The van der Waals surface area contributed by atoms with E-state index in [2.05, 4.69) is 6.07 Å². The Morgan fingerprint density at radius 1 is 1.17 bits per heavy atom. The molecule has 1 amide bonds. The zero-order valence-electron chi connectivity index (χ0n) is 21.9. The van der Waals surface area contributed by atoms with Gasteiger partial charge in [-0.05, 0) is 71.8 Å². The minimum atomic E-state index is -0.513. The van der Waals surface area contributed by atoms with Gasteiger partial charge in [-0.25, -0.2) is 4.79 Å². The molecule has 1 saturated carbocycles. The molecule has 3 aliphatic rings. The molecule has 0 radical (unpaired) electrons. The van der Waals surface area contributed by atoms with Crippen LogP contribution in [0.3, 0.4) is 0 Å². The van der Waals surface area contributed by atoms with Crippen molar-refractivity contribution in [1.82, 2.24) is 4.90 Å². The number of hydrogen-bond acceptors (Lipinski definition) is 6. The number of aliphatic hydroxyl groups is 1. The van der Waals surface area contributed by atoms with Crippen LogP contribution in [-0.4, -0.2) is 53.8 Å². The van der Waals surface area contributed by atoms with Crippen LogP contribution in [0.5, 0.6) is 11.5 Å². The van der Waals surface area contributed by atoms with Crippen molar-refractivity contribution in [3.05, 3.63) is 23.8 Å². The molecule has 1 aromatic rings. The fourth-order valence-electron chi connectivity index (χ4n) is 5.64. The lowest BCUT2D eigenvalue weighted by atomic mass is 9.89. The largest absolute Gasteiger partial charge is 0.448 e. The fraction of sp³-hybridized carbons (Fsp3) is 0.750. The summed E-state index contributed by atoms with van der Waals surface area (Å²) in [7, 11) is 1.73. The fourth-order valence-corrected chi connectivity index (χ4v) is 5.64. The first-order valence-electron chi connectivity index (χ1n) is 13.4. The first kappa shape index (κ1) is 26.1. The molecule has 35 heavy (non-hydrogen) atoms. The van der Waals surface area contributed by atoms with Crippen LogP contribution in [0.25, 0.3) is 0 Å². The summed E-state index contributed by atoms with van der Waals surface area (Å²) in [5.41, 5.74) is 0.511. The van der Waals surface area contributed by atoms with E-state index in [0.717, 1.165) is 68.4 Å². The molecule has 4 rings (SSSR count). The second kappa shape index (κ2) is 11.0. The van der Waals surface area contributed by atoms with E-state index in [9.17, 15) is 9.90 Å². The number of nitrogens with zero attached hydrogens (tertiary/aromatic N) is 1. The smallest absolute Gasteiger partial charge is 0.410 e. The third kappa shape index (κ3) is 6.42. The molecule has 0 aromatic heterocycles. The molecular formula is C28H43NO6. The van der Waals surface area contributed by atoms with E-state index >= 15 is 0 Å². The molecule has 1 aliphatic carbocycles. The SMILES string of the molecule is CO[C@@H](CCCC(O)C1CCCN(C(=O)OC(C)(C)C)C1)c1cccc2c1OC1(CCCCC1)O2. The van der Waals surface area contributed by atoms with Gasteiger partial charge in [-0.1, -0.05) is 18.6 Å². The molecular weight excluding hydrogens is 446 g/mol. The van der Waals surface area contributed by atoms with Gasteiger partial charge in [-0.15, -0.1) is 0 Å². The third-order valence-corrected chi connectivity index (χ3v) is 7.46. The molecule has 0 bridgehead atoms. The number of likely N-dealkylation sites (tertiary alicyclic amines) is 1. The normalized spacial score (nSPS) is 23.2. The van der Waals surface area contributed by atoms with Gasteiger partial charge >= 0.3 is 6.09 Å². The van der Waals surface area contributed by atoms with Crippen molar-refractivity contribution < 1.29 is 28.8 Å². The van der Waals surface area contributed by atoms with Crippen LogP contribution >= 0.6 is 0 Å². The standard InChI is InChI=1S/C28H43NO6/c1-27(2,3)35-26(31)29-18-10-11-20(19-29)22(30)13-9-14-23(32-4)21-12-8-15-24-25(21)34-28(33-24)16-6-5-7-17-28/h8,12,15,20,22-23,30H,5-7,9-11,13-14,16-19H2,1-4H3/t20?,22?,23-/m0/s1. The van der Waals surface area contributed by atoms with Crippen molar-refractivity contribution in [3.63, 3.8) is 0 Å². The molecule has 1 N–H and O–H groups in total. The van der Waals surface area contributed by atoms with Crippen LogP contribution in [-0.2, 0) is 9.47 Å². The zero-order chi connectivity index (χ0) is 25.1. The Morgan fingerprint density at radius 3 is 2.66 bits per heavy atom. The van der Waals surface area contributed by atoms with Gasteiger partial charge in [0.25, 0.3) is 5.79 Å². The second-order valence-electron chi connectivity index (χ2n) is 11.4. The number of rotatable bonds is 7. The van der Waals surface area contributed by atoms with Gasteiger partial charge in [-0.2, -0.15) is 0 Å². The molecule has 1 saturated heterocycles. The molecule has 2 fully saturated rings. The summed E-state index contributed by atoms with van der Waals surface area (Å²) in [5, 5.41) is 10.9. The van der Waals surface area contributed by atoms with Gasteiger partial charge in [0.1, 0.15) is 5.60 Å². The highest BCUT2D eigenvalue weighted by Gasteiger charge is 2.44. The summed E-state index contributed by atoms with van der Waals surface area (Å²) >= 11 is 0. The lowest BCUT2D eigenvalue weighted by Crippen LogP contribution is -2.45. The summed E-state index contributed by atoms with van der Waals surface area (Å²) in [6, 6.07) is 6.06. The van der Waals surface area contributed by atoms with Gasteiger partial charge < -0.3 is 29.0 Å². The number of methoxy groups -OCH3 is 1. The number of piperidine rings is 1.